The zero-order chi connectivity index (χ0) is 17.1. The van der Waals surface area contributed by atoms with Crippen molar-refractivity contribution in [3.63, 3.8) is 0 Å². The van der Waals surface area contributed by atoms with Crippen molar-refractivity contribution in [2.24, 2.45) is 5.92 Å². The minimum atomic E-state index is -0.555. The molecule has 0 bridgehead atoms. The second-order valence-corrected chi connectivity index (χ2v) is 5.26. The Balaban J connectivity index is 1.60. The lowest BCUT2D eigenvalue weighted by atomic mass is 9.98. The van der Waals surface area contributed by atoms with E-state index in [0.29, 0.717) is 0 Å². The SMILES string of the molecule is O=C(Nc1ccccc1[N+](=O)[O-])C1CN(C(=O)c2cnccn2)C1. The molecule has 2 amide bonds. The van der Waals surface area contributed by atoms with Crippen molar-refractivity contribution < 1.29 is 14.5 Å². The zero-order valence-corrected chi connectivity index (χ0v) is 12.5. The van der Waals surface area contributed by atoms with E-state index < -0.39 is 10.8 Å². The van der Waals surface area contributed by atoms with Gasteiger partial charge in [-0.15, -0.1) is 0 Å². The lowest BCUT2D eigenvalue weighted by molar-refractivity contribution is -0.383. The number of para-hydroxylation sites is 2. The van der Waals surface area contributed by atoms with E-state index in [9.17, 15) is 19.7 Å². The molecule has 0 saturated carbocycles. The van der Waals surface area contributed by atoms with Crippen molar-refractivity contribution in [2.45, 2.75) is 0 Å². The van der Waals surface area contributed by atoms with Gasteiger partial charge in [0.05, 0.1) is 17.0 Å². The van der Waals surface area contributed by atoms with Crippen LogP contribution < -0.4 is 5.32 Å². The molecule has 2 aromatic rings. The number of likely N-dealkylation sites (tertiary alicyclic amines) is 1. The fourth-order valence-electron chi connectivity index (χ4n) is 2.36. The first-order valence-corrected chi connectivity index (χ1v) is 7.16. The molecule has 1 saturated heterocycles. The van der Waals surface area contributed by atoms with Crippen molar-refractivity contribution in [1.82, 2.24) is 14.9 Å². The number of benzene rings is 1. The number of carbonyl (C=O) groups excluding carboxylic acids is 2. The standard InChI is InChI=1S/C15H13N5O4/c21-14(18-11-3-1-2-4-13(11)20(23)24)10-8-19(9-10)15(22)12-7-16-5-6-17-12/h1-7,10H,8-9H2,(H,18,21). The summed E-state index contributed by atoms with van der Waals surface area (Å²) in [6.45, 7) is 0.476. The number of carbonyl (C=O) groups is 2. The Hall–Kier alpha value is -3.36. The summed E-state index contributed by atoms with van der Waals surface area (Å²) in [7, 11) is 0. The largest absolute Gasteiger partial charge is 0.336 e. The number of aromatic nitrogens is 2. The van der Waals surface area contributed by atoms with Crippen LogP contribution in [0.15, 0.2) is 42.9 Å². The minimum absolute atomic E-state index is 0.145. The molecule has 1 aromatic carbocycles. The lowest BCUT2D eigenvalue weighted by Gasteiger charge is -2.37. The molecule has 24 heavy (non-hydrogen) atoms. The quantitative estimate of drug-likeness (QED) is 0.663. The predicted molar refractivity (Wildman–Crippen MR) is 83.2 cm³/mol. The molecule has 1 aromatic heterocycles. The Labute approximate surface area is 136 Å². The molecule has 2 heterocycles. The van der Waals surface area contributed by atoms with Crippen molar-refractivity contribution in [2.75, 3.05) is 18.4 Å². The number of nitro groups is 1. The van der Waals surface area contributed by atoms with E-state index in [1.165, 1.54) is 41.7 Å². The van der Waals surface area contributed by atoms with Gasteiger partial charge in [-0.25, -0.2) is 4.98 Å². The third-order valence-electron chi connectivity index (χ3n) is 3.68. The van der Waals surface area contributed by atoms with Crippen LogP contribution in [-0.2, 0) is 4.79 Å². The van der Waals surface area contributed by atoms with Gasteiger partial charge in [-0.2, -0.15) is 0 Å². The highest BCUT2D eigenvalue weighted by Gasteiger charge is 2.37. The fourth-order valence-corrected chi connectivity index (χ4v) is 2.36. The van der Waals surface area contributed by atoms with Gasteiger partial charge < -0.3 is 10.2 Å². The Bertz CT molecular complexity index is 789. The van der Waals surface area contributed by atoms with Crippen LogP contribution in [0.1, 0.15) is 10.5 Å². The van der Waals surface area contributed by atoms with Gasteiger partial charge in [0.15, 0.2) is 0 Å². The third-order valence-corrected chi connectivity index (χ3v) is 3.68. The van der Waals surface area contributed by atoms with Crippen molar-refractivity contribution in [1.29, 1.82) is 0 Å². The van der Waals surface area contributed by atoms with Gasteiger partial charge in [-0.05, 0) is 6.07 Å². The normalized spacial score (nSPS) is 13.9. The third kappa shape index (κ3) is 3.05. The molecular formula is C15H13N5O4. The first kappa shape index (κ1) is 15.5. The predicted octanol–water partition coefficient (Wildman–Crippen LogP) is 1.10. The monoisotopic (exact) mass is 327 g/mol. The summed E-state index contributed by atoms with van der Waals surface area (Å²) in [6, 6.07) is 5.92. The van der Waals surface area contributed by atoms with Crippen LogP contribution in [0.3, 0.4) is 0 Å². The Morgan fingerprint density at radius 3 is 2.67 bits per heavy atom. The van der Waals surface area contributed by atoms with Crippen molar-refractivity contribution in [3.05, 3.63) is 58.7 Å². The highest BCUT2D eigenvalue weighted by Crippen LogP contribution is 2.25. The van der Waals surface area contributed by atoms with Crippen LogP contribution in [0.5, 0.6) is 0 Å². The molecule has 0 spiro atoms. The summed E-state index contributed by atoms with van der Waals surface area (Å²) in [5, 5.41) is 13.5. The van der Waals surface area contributed by atoms with Crippen LogP contribution >= 0.6 is 0 Å². The van der Waals surface area contributed by atoms with E-state index in [0.717, 1.165) is 0 Å². The molecule has 0 radical (unpaired) electrons. The molecule has 9 nitrogen and oxygen atoms in total. The number of hydrogen-bond donors (Lipinski definition) is 1. The molecule has 0 atom stereocenters. The van der Waals surface area contributed by atoms with E-state index in [1.54, 1.807) is 6.07 Å². The molecule has 0 aliphatic carbocycles. The number of nitro benzene ring substituents is 1. The first-order valence-electron chi connectivity index (χ1n) is 7.16. The number of amides is 2. The van der Waals surface area contributed by atoms with Gasteiger partial charge >= 0.3 is 0 Å². The maximum absolute atomic E-state index is 12.2. The van der Waals surface area contributed by atoms with Crippen LogP contribution in [-0.4, -0.2) is 44.7 Å². The van der Waals surface area contributed by atoms with Crippen LogP contribution in [0.4, 0.5) is 11.4 Å². The average molecular weight is 327 g/mol. The summed E-state index contributed by atoms with van der Waals surface area (Å²) >= 11 is 0. The van der Waals surface area contributed by atoms with Crippen LogP contribution in [0.25, 0.3) is 0 Å². The maximum Gasteiger partial charge on any atom is 0.292 e. The van der Waals surface area contributed by atoms with Crippen LogP contribution in [0.2, 0.25) is 0 Å². The molecular weight excluding hydrogens is 314 g/mol. The number of rotatable bonds is 4. The van der Waals surface area contributed by atoms with E-state index in [1.807, 2.05) is 0 Å². The molecule has 3 rings (SSSR count). The number of hydrogen-bond acceptors (Lipinski definition) is 6. The fraction of sp³-hybridized carbons (Fsp3) is 0.200. The summed E-state index contributed by atoms with van der Waals surface area (Å²) < 4.78 is 0. The summed E-state index contributed by atoms with van der Waals surface area (Å²) in [5.41, 5.74) is 0.193. The molecule has 1 fully saturated rings. The average Bonchev–Trinajstić information content (AvgIpc) is 2.54. The van der Waals surface area contributed by atoms with Gasteiger partial charge in [0, 0.05) is 31.5 Å². The van der Waals surface area contributed by atoms with Gasteiger partial charge in [-0.3, -0.25) is 24.7 Å². The van der Waals surface area contributed by atoms with E-state index in [4.69, 9.17) is 0 Å². The molecule has 1 aliphatic rings. The van der Waals surface area contributed by atoms with E-state index in [-0.39, 0.29) is 42.0 Å². The number of anilines is 1. The van der Waals surface area contributed by atoms with Crippen LogP contribution in [0, 0.1) is 16.0 Å². The highest BCUT2D eigenvalue weighted by atomic mass is 16.6. The lowest BCUT2D eigenvalue weighted by Crippen LogP contribution is -2.54. The number of nitrogens with one attached hydrogen (secondary N) is 1. The Morgan fingerprint density at radius 1 is 1.25 bits per heavy atom. The van der Waals surface area contributed by atoms with E-state index in [2.05, 4.69) is 15.3 Å². The smallest absolute Gasteiger partial charge is 0.292 e. The van der Waals surface area contributed by atoms with E-state index >= 15 is 0 Å². The Morgan fingerprint density at radius 2 is 2.00 bits per heavy atom. The van der Waals surface area contributed by atoms with Gasteiger partial charge in [0.25, 0.3) is 11.6 Å². The molecule has 122 valence electrons. The molecule has 1 aliphatic heterocycles. The van der Waals surface area contributed by atoms with Crippen molar-refractivity contribution in [3.8, 4) is 0 Å². The minimum Gasteiger partial charge on any atom is -0.336 e. The summed E-state index contributed by atoms with van der Waals surface area (Å²) in [4.78, 5) is 43.9. The second-order valence-electron chi connectivity index (χ2n) is 5.26. The van der Waals surface area contributed by atoms with Gasteiger partial charge in [-0.1, -0.05) is 12.1 Å². The van der Waals surface area contributed by atoms with Gasteiger partial charge in [0.2, 0.25) is 5.91 Å². The topological polar surface area (TPSA) is 118 Å². The highest BCUT2D eigenvalue weighted by molar-refractivity contribution is 5.98. The summed E-state index contributed by atoms with van der Waals surface area (Å²) in [6.07, 6.45) is 4.25. The molecule has 9 heteroatoms. The van der Waals surface area contributed by atoms with Gasteiger partial charge in [0.1, 0.15) is 11.4 Å². The maximum atomic E-state index is 12.2. The zero-order valence-electron chi connectivity index (χ0n) is 12.5. The van der Waals surface area contributed by atoms with Crippen molar-refractivity contribution >= 4 is 23.2 Å². The molecule has 0 unspecified atom stereocenters. The second kappa shape index (κ2) is 6.41. The molecule has 1 N–H and O–H groups in total. The summed E-state index contributed by atoms with van der Waals surface area (Å²) in [5.74, 6) is -1.06. The Kier molecular flexibility index (Phi) is 4.15. The number of nitrogens with zero attached hydrogens (tertiary/aromatic N) is 4. The first-order chi connectivity index (χ1) is 11.6.